The molecule has 0 unspecified atom stereocenters. The largest absolute Gasteiger partial charge is 0.398 e. The topological polar surface area (TPSA) is 69.6 Å². The van der Waals surface area contributed by atoms with Crippen LogP contribution in [0.3, 0.4) is 0 Å². The lowest BCUT2D eigenvalue weighted by molar-refractivity contribution is 0.463. The maximum Gasteiger partial charge on any atom is 0.183 e. The Morgan fingerprint density at radius 3 is 2.88 bits per heavy atom. The number of nitrogens with zero attached hydrogens (tertiary/aromatic N) is 4. The predicted octanol–water partition coefficient (Wildman–Crippen LogP) is 2.19. The summed E-state index contributed by atoms with van der Waals surface area (Å²) in [5, 5.41) is 12.0. The average molecular weight is 294 g/mol. The minimum Gasteiger partial charge on any atom is -0.398 e. The number of nitrogens with two attached hydrogens (primary N) is 1. The van der Waals surface area contributed by atoms with Crippen LogP contribution in [-0.2, 0) is 5.54 Å². The lowest BCUT2D eigenvalue weighted by Gasteiger charge is -2.12. The van der Waals surface area contributed by atoms with E-state index in [0.29, 0.717) is 5.69 Å². The number of halogens is 1. The minimum absolute atomic E-state index is 0.0723. The van der Waals surface area contributed by atoms with Gasteiger partial charge in [-0.15, -0.1) is 5.10 Å². The van der Waals surface area contributed by atoms with Crippen molar-refractivity contribution in [2.45, 2.75) is 25.3 Å². The Hall–Kier alpha value is -1.43. The van der Waals surface area contributed by atoms with Crippen LogP contribution >= 0.6 is 15.9 Å². The summed E-state index contributed by atoms with van der Waals surface area (Å²) < 4.78 is 2.74. The van der Waals surface area contributed by atoms with Gasteiger partial charge in [-0.3, -0.25) is 0 Å². The Balaban J connectivity index is 2.16. The Kier molecular flexibility index (Phi) is 2.22. The smallest absolute Gasteiger partial charge is 0.183 e. The molecular formula is C11H12BrN5. The van der Waals surface area contributed by atoms with E-state index in [0.717, 1.165) is 28.7 Å². The monoisotopic (exact) mass is 293 g/mol. The molecule has 0 bridgehead atoms. The van der Waals surface area contributed by atoms with E-state index >= 15 is 0 Å². The predicted molar refractivity (Wildman–Crippen MR) is 68.2 cm³/mol. The summed E-state index contributed by atoms with van der Waals surface area (Å²) in [5.41, 5.74) is 7.58. The molecule has 1 aromatic heterocycles. The maximum absolute atomic E-state index is 5.88. The fraction of sp³-hybridized carbons (Fsp3) is 0.364. The summed E-state index contributed by atoms with van der Waals surface area (Å²) in [6.07, 6.45) is 2.23. The fourth-order valence-corrected chi connectivity index (χ4v) is 2.28. The number of nitrogen functional groups attached to an aromatic ring is 1. The van der Waals surface area contributed by atoms with Crippen molar-refractivity contribution in [2.24, 2.45) is 0 Å². The van der Waals surface area contributed by atoms with Crippen LogP contribution in [0.25, 0.3) is 11.4 Å². The number of rotatable bonds is 2. The van der Waals surface area contributed by atoms with Crippen LogP contribution in [-0.4, -0.2) is 20.2 Å². The highest BCUT2D eigenvalue weighted by Crippen LogP contribution is 2.44. The van der Waals surface area contributed by atoms with Gasteiger partial charge in [-0.05, 0) is 58.3 Å². The van der Waals surface area contributed by atoms with Gasteiger partial charge in [-0.1, -0.05) is 6.07 Å². The lowest BCUT2D eigenvalue weighted by Crippen LogP contribution is -2.15. The highest BCUT2D eigenvalue weighted by atomic mass is 79.9. The number of benzene rings is 1. The van der Waals surface area contributed by atoms with E-state index in [-0.39, 0.29) is 5.54 Å². The summed E-state index contributed by atoms with van der Waals surface area (Å²) in [7, 11) is 0. The van der Waals surface area contributed by atoms with E-state index in [2.05, 4.69) is 38.4 Å². The van der Waals surface area contributed by atoms with Crippen LogP contribution in [0.2, 0.25) is 0 Å². The van der Waals surface area contributed by atoms with Gasteiger partial charge >= 0.3 is 0 Å². The van der Waals surface area contributed by atoms with Gasteiger partial charge in [0.15, 0.2) is 5.82 Å². The second-order valence-corrected chi connectivity index (χ2v) is 5.41. The van der Waals surface area contributed by atoms with Crippen LogP contribution < -0.4 is 5.73 Å². The zero-order chi connectivity index (χ0) is 12.0. The van der Waals surface area contributed by atoms with Crippen LogP contribution in [0.15, 0.2) is 22.7 Å². The first kappa shape index (κ1) is 10.7. The molecule has 0 amide bonds. The van der Waals surface area contributed by atoms with Gasteiger partial charge in [-0.25, -0.2) is 4.68 Å². The molecule has 2 aromatic rings. The van der Waals surface area contributed by atoms with Gasteiger partial charge in [0.2, 0.25) is 0 Å². The van der Waals surface area contributed by atoms with Gasteiger partial charge in [0, 0.05) is 11.3 Å². The summed E-state index contributed by atoms with van der Waals surface area (Å²) in [6, 6.07) is 5.72. The van der Waals surface area contributed by atoms with E-state index in [9.17, 15) is 0 Å². The van der Waals surface area contributed by atoms with E-state index in [1.807, 2.05) is 22.9 Å². The molecule has 0 spiro atoms. The third-order valence-electron chi connectivity index (χ3n) is 3.22. The molecule has 1 heterocycles. The van der Waals surface area contributed by atoms with Gasteiger partial charge in [0.25, 0.3) is 0 Å². The van der Waals surface area contributed by atoms with E-state index in [4.69, 9.17) is 5.73 Å². The molecule has 0 saturated heterocycles. The van der Waals surface area contributed by atoms with Crippen molar-refractivity contribution in [1.29, 1.82) is 0 Å². The highest BCUT2D eigenvalue weighted by molar-refractivity contribution is 9.10. The quantitative estimate of drug-likeness (QED) is 0.862. The van der Waals surface area contributed by atoms with Gasteiger partial charge in [0.05, 0.1) is 10.0 Å². The molecule has 6 heteroatoms. The summed E-state index contributed by atoms with van der Waals surface area (Å²) in [4.78, 5) is 0. The zero-order valence-corrected chi connectivity index (χ0v) is 11.0. The number of hydrogen-bond donors (Lipinski definition) is 1. The zero-order valence-electron chi connectivity index (χ0n) is 9.39. The highest BCUT2D eigenvalue weighted by Gasteiger charge is 2.42. The SMILES string of the molecule is CC1(n2nnnc2-c2cccc(N)c2Br)CC1. The van der Waals surface area contributed by atoms with E-state index in [1.54, 1.807) is 0 Å². The summed E-state index contributed by atoms with van der Waals surface area (Å²) >= 11 is 3.49. The molecule has 0 atom stereocenters. The normalized spacial score (nSPS) is 17.1. The van der Waals surface area contributed by atoms with Gasteiger partial charge < -0.3 is 5.73 Å². The van der Waals surface area contributed by atoms with Crippen LogP contribution in [0, 0.1) is 0 Å². The molecule has 3 rings (SSSR count). The van der Waals surface area contributed by atoms with E-state index < -0.39 is 0 Å². The first-order valence-electron chi connectivity index (χ1n) is 5.45. The lowest BCUT2D eigenvalue weighted by atomic mass is 10.2. The van der Waals surface area contributed by atoms with Crippen molar-refractivity contribution in [1.82, 2.24) is 20.2 Å². The molecule has 1 fully saturated rings. The molecule has 17 heavy (non-hydrogen) atoms. The van der Waals surface area contributed by atoms with Crippen molar-refractivity contribution in [3.05, 3.63) is 22.7 Å². The van der Waals surface area contributed by atoms with Crippen molar-refractivity contribution in [2.75, 3.05) is 5.73 Å². The molecule has 88 valence electrons. The molecule has 0 aliphatic heterocycles. The number of tetrazole rings is 1. The number of anilines is 1. The second-order valence-electron chi connectivity index (χ2n) is 4.62. The third kappa shape index (κ3) is 1.63. The molecule has 2 N–H and O–H groups in total. The number of hydrogen-bond acceptors (Lipinski definition) is 4. The Morgan fingerprint density at radius 2 is 2.18 bits per heavy atom. The first-order valence-corrected chi connectivity index (χ1v) is 6.24. The minimum atomic E-state index is 0.0723. The molecule has 1 aliphatic rings. The summed E-state index contributed by atoms with van der Waals surface area (Å²) in [5.74, 6) is 0.768. The Bertz CT molecular complexity index is 573. The van der Waals surface area contributed by atoms with E-state index in [1.165, 1.54) is 0 Å². The van der Waals surface area contributed by atoms with Crippen LogP contribution in [0.1, 0.15) is 19.8 Å². The maximum atomic E-state index is 5.88. The average Bonchev–Trinajstić information content (AvgIpc) is 2.88. The van der Waals surface area contributed by atoms with Crippen molar-refractivity contribution < 1.29 is 0 Å². The number of aromatic nitrogens is 4. The molecule has 0 radical (unpaired) electrons. The Morgan fingerprint density at radius 1 is 1.41 bits per heavy atom. The molecule has 5 nitrogen and oxygen atoms in total. The van der Waals surface area contributed by atoms with Crippen LogP contribution in [0.4, 0.5) is 5.69 Å². The van der Waals surface area contributed by atoms with Gasteiger partial charge in [-0.2, -0.15) is 0 Å². The molecule has 1 saturated carbocycles. The van der Waals surface area contributed by atoms with Crippen molar-refractivity contribution >= 4 is 21.6 Å². The standard InChI is InChI=1S/C11H12BrN5/c1-11(5-6-11)17-10(14-15-16-17)7-3-2-4-8(13)9(7)12/h2-4H,5-6,13H2,1H3. The van der Waals surface area contributed by atoms with Crippen molar-refractivity contribution in [3.8, 4) is 11.4 Å². The molecule has 1 aromatic carbocycles. The fourth-order valence-electron chi connectivity index (χ4n) is 1.83. The van der Waals surface area contributed by atoms with Crippen molar-refractivity contribution in [3.63, 3.8) is 0 Å². The Labute approximate surface area is 107 Å². The van der Waals surface area contributed by atoms with Gasteiger partial charge in [0.1, 0.15) is 0 Å². The van der Waals surface area contributed by atoms with Crippen LogP contribution in [0.5, 0.6) is 0 Å². The molecule has 1 aliphatic carbocycles. The second kappa shape index (κ2) is 3.53. The summed E-state index contributed by atoms with van der Waals surface area (Å²) in [6.45, 7) is 2.16. The third-order valence-corrected chi connectivity index (χ3v) is 4.11. The molecular weight excluding hydrogens is 282 g/mol. The first-order chi connectivity index (χ1) is 8.12.